The average Bonchev–Trinajstić information content (AvgIpc) is 2.89. The number of hydrogen-bond acceptors (Lipinski definition) is 4. The van der Waals surface area contributed by atoms with Crippen molar-refractivity contribution in [2.45, 2.75) is 37.6 Å². The van der Waals surface area contributed by atoms with Crippen LogP contribution >= 0.6 is 0 Å². The van der Waals surface area contributed by atoms with Crippen LogP contribution in [0.15, 0.2) is 47.5 Å². The second-order valence-electron chi connectivity index (χ2n) is 8.07. The van der Waals surface area contributed by atoms with Gasteiger partial charge in [-0.05, 0) is 58.7 Å². The SMILES string of the molecule is COc1cccc(-c2ccc3c(c2)C2(CCC3(C)C)N=C(N)N(C)C2=O)c1. The minimum absolute atomic E-state index is 0.0147. The molecule has 1 aliphatic carbocycles. The number of amides is 1. The van der Waals surface area contributed by atoms with Gasteiger partial charge in [-0.1, -0.05) is 38.1 Å². The van der Waals surface area contributed by atoms with Gasteiger partial charge < -0.3 is 10.5 Å². The fraction of sp³-hybridized carbons (Fsp3) is 0.364. The Morgan fingerprint density at radius 2 is 1.81 bits per heavy atom. The highest BCUT2D eigenvalue weighted by Gasteiger charge is 2.53. The fourth-order valence-electron chi connectivity index (χ4n) is 4.26. The fourth-order valence-corrected chi connectivity index (χ4v) is 4.26. The maximum Gasteiger partial charge on any atom is 0.261 e. The Morgan fingerprint density at radius 3 is 2.48 bits per heavy atom. The van der Waals surface area contributed by atoms with Crippen LogP contribution in [-0.2, 0) is 15.7 Å². The van der Waals surface area contributed by atoms with Crippen molar-refractivity contribution in [2.75, 3.05) is 14.2 Å². The van der Waals surface area contributed by atoms with E-state index in [-0.39, 0.29) is 17.3 Å². The lowest BCUT2D eigenvalue weighted by molar-refractivity contribution is -0.131. The van der Waals surface area contributed by atoms with Crippen LogP contribution in [0.25, 0.3) is 11.1 Å². The Labute approximate surface area is 159 Å². The van der Waals surface area contributed by atoms with Gasteiger partial charge in [0.1, 0.15) is 5.75 Å². The first-order valence-electron chi connectivity index (χ1n) is 9.21. The Bertz CT molecular complexity index is 964. The van der Waals surface area contributed by atoms with Gasteiger partial charge in [0.15, 0.2) is 11.5 Å². The van der Waals surface area contributed by atoms with Crippen LogP contribution in [0.5, 0.6) is 5.75 Å². The lowest BCUT2D eigenvalue weighted by Crippen LogP contribution is -2.44. The molecule has 0 radical (unpaired) electrons. The molecule has 4 rings (SSSR count). The smallest absolute Gasteiger partial charge is 0.261 e. The summed E-state index contributed by atoms with van der Waals surface area (Å²) in [5.41, 5.74) is 9.33. The zero-order valence-corrected chi connectivity index (χ0v) is 16.2. The van der Waals surface area contributed by atoms with Gasteiger partial charge >= 0.3 is 0 Å². The molecule has 1 amide bonds. The zero-order valence-electron chi connectivity index (χ0n) is 16.2. The maximum atomic E-state index is 13.1. The molecule has 2 N–H and O–H groups in total. The number of aliphatic imine (C=N–C) groups is 1. The van der Waals surface area contributed by atoms with Crippen LogP contribution in [0, 0.1) is 0 Å². The Hall–Kier alpha value is -2.82. The molecule has 1 aliphatic heterocycles. The summed E-state index contributed by atoms with van der Waals surface area (Å²) in [6.45, 7) is 4.44. The van der Waals surface area contributed by atoms with Gasteiger partial charge in [0.05, 0.1) is 7.11 Å². The van der Waals surface area contributed by atoms with Crippen LogP contribution in [0.1, 0.15) is 37.8 Å². The van der Waals surface area contributed by atoms with Crippen LogP contribution in [0.3, 0.4) is 0 Å². The third-order valence-electron chi connectivity index (χ3n) is 6.02. The Balaban J connectivity index is 1.93. The van der Waals surface area contributed by atoms with E-state index in [0.717, 1.165) is 28.9 Å². The van der Waals surface area contributed by atoms with Crippen LogP contribution in [0.2, 0.25) is 0 Å². The molecule has 5 nitrogen and oxygen atoms in total. The molecule has 1 atom stereocenters. The first-order valence-corrected chi connectivity index (χ1v) is 9.21. The molecule has 2 aromatic carbocycles. The van der Waals surface area contributed by atoms with Gasteiger partial charge in [0, 0.05) is 7.05 Å². The van der Waals surface area contributed by atoms with Crippen molar-refractivity contribution in [3.63, 3.8) is 0 Å². The number of guanidine groups is 1. The van der Waals surface area contributed by atoms with E-state index in [0.29, 0.717) is 6.42 Å². The number of benzene rings is 2. The van der Waals surface area contributed by atoms with Crippen molar-refractivity contribution in [3.8, 4) is 16.9 Å². The van der Waals surface area contributed by atoms with Crippen LogP contribution < -0.4 is 10.5 Å². The topological polar surface area (TPSA) is 67.9 Å². The predicted octanol–water partition coefficient (Wildman–Crippen LogP) is 3.42. The highest BCUT2D eigenvalue weighted by Crippen LogP contribution is 2.50. The zero-order chi connectivity index (χ0) is 19.4. The molecular weight excluding hydrogens is 338 g/mol. The van der Waals surface area contributed by atoms with Gasteiger partial charge in [-0.2, -0.15) is 0 Å². The summed E-state index contributed by atoms with van der Waals surface area (Å²) < 4.78 is 5.36. The van der Waals surface area contributed by atoms with E-state index in [9.17, 15) is 4.79 Å². The predicted molar refractivity (Wildman–Crippen MR) is 107 cm³/mol. The first-order chi connectivity index (χ1) is 12.8. The van der Waals surface area contributed by atoms with Crippen molar-refractivity contribution in [3.05, 3.63) is 53.6 Å². The third-order valence-corrected chi connectivity index (χ3v) is 6.02. The molecule has 0 fully saturated rings. The summed E-state index contributed by atoms with van der Waals surface area (Å²) in [5, 5.41) is 0. The number of hydrogen-bond donors (Lipinski definition) is 1. The third kappa shape index (κ3) is 2.52. The minimum Gasteiger partial charge on any atom is -0.497 e. The van der Waals surface area contributed by atoms with Gasteiger partial charge in [-0.3, -0.25) is 9.69 Å². The van der Waals surface area contributed by atoms with E-state index < -0.39 is 5.54 Å². The number of fused-ring (bicyclic) bond motifs is 2. The minimum atomic E-state index is -0.904. The van der Waals surface area contributed by atoms with Gasteiger partial charge in [-0.25, -0.2) is 4.99 Å². The number of nitrogens with two attached hydrogens (primary N) is 1. The Kier molecular flexibility index (Phi) is 3.81. The second-order valence-corrected chi connectivity index (χ2v) is 8.07. The summed E-state index contributed by atoms with van der Waals surface area (Å²) in [5.74, 6) is 1.05. The van der Waals surface area contributed by atoms with E-state index >= 15 is 0 Å². The lowest BCUT2D eigenvalue weighted by atomic mass is 9.65. The van der Waals surface area contributed by atoms with Crippen molar-refractivity contribution in [1.82, 2.24) is 4.90 Å². The summed E-state index contributed by atoms with van der Waals surface area (Å²) in [6, 6.07) is 14.3. The lowest BCUT2D eigenvalue weighted by Gasteiger charge is -2.40. The highest BCUT2D eigenvalue weighted by atomic mass is 16.5. The largest absolute Gasteiger partial charge is 0.497 e. The molecule has 1 heterocycles. The van der Waals surface area contributed by atoms with Crippen molar-refractivity contribution in [2.24, 2.45) is 10.7 Å². The number of ether oxygens (including phenoxy) is 1. The quantitative estimate of drug-likeness (QED) is 0.889. The monoisotopic (exact) mass is 363 g/mol. The molecule has 2 aliphatic rings. The summed E-state index contributed by atoms with van der Waals surface area (Å²) in [4.78, 5) is 19.3. The van der Waals surface area contributed by atoms with E-state index in [2.05, 4.69) is 37.0 Å². The average molecular weight is 363 g/mol. The van der Waals surface area contributed by atoms with Crippen molar-refractivity contribution >= 4 is 11.9 Å². The molecule has 0 saturated heterocycles. The molecule has 2 aromatic rings. The standard InChI is InChI=1S/C22H25N3O2/c1-21(2)10-11-22(19(26)25(3)20(23)24-22)18-13-15(8-9-17(18)21)14-6-5-7-16(12-14)27-4/h5-9,12-13H,10-11H2,1-4H3,(H2,23,24). The second kappa shape index (κ2) is 5.84. The number of carbonyl (C=O) groups is 1. The molecule has 140 valence electrons. The summed E-state index contributed by atoms with van der Waals surface area (Å²) in [6.07, 6.45) is 1.55. The van der Waals surface area contributed by atoms with E-state index in [1.807, 2.05) is 24.3 Å². The molecule has 0 aromatic heterocycles. The van der Waals surface area contributed by atoms with E-state index in [1.54, 1.807) is 14.2 Å². The van der Waals surface area contributed by atoms with Gasteiger partial charge in [0.2, 0.25) is 0 Å². The summed E-state index contributed by atoms with van der Waals surface area (Å²) >= 11 is 0. The van der Waals surface area contributed by atoms with E-state index in [1.165, 1.54) is 10.5 Å². The molecule has 0 bridgehead atoms. The Morgan fingerprint density at radius 1 is 1.07 bits per heavy atom. The van der Waals surface area contributed by atoms with Crippen LogP contribution in [0.4, 0.5) is 0 Å². The number of likely N-dealkylation sites (N-methyl/N-ethyl adjacent to an activating group) is 1. The first kappa shape index (κ1) is 17.6. The summed E-state index contributed by atoms with van der Waals surface area (Å²) in [7, 11) is 3.36. The van der Waals surface area contributed by atoms with Gasteiger partial charge in [-0.15, -0.1) is 0 Å². The van der Waals surface area contributed by atoms with Gasteiger partial charge in [0.25, 0.3) is 5.91 Å². The highest BCUT2D eigenvalue weighted by molar-refractivity contribution is 6.07. The number of nitrogens with zero attached hydrogens (tertiary/aromatic N) is 2. The molecular formula is C22H25N3O2. The molecule has 1 spiro atoms. The van der Waals surface area contributed by atoms with Crippen LogP contribution in [-0.4, -0.2) is 30.9 Å². The van der Waals surface area contributed by atoms with Crippen molar-refractivity contribution in [1.29, 1.82) is 0 Å². The number of rotatable bonds is 2. The number of carbonyl (C=O) groups excluding carboxylic acids is 1. The normalized spacial score (nSPS) is 23.3. The molecule has 0 saturated carbocycles. The molecule has 27 heavy (non-hydrogen) atoms. The number of methoxy groups -OCH3 is 1. The molecule has 5 heteroatoms. The van der Waals surface area contributed by atoms with Crippen molar-refractivity contribution < 1.29 is 9.53 Å². The maximum absolute atomic E-state index is 13.1. The van der Waals surface area contributed by atoms with E-state index in [4.69, 9.17) is 10.5 Å². The molecule has 1 unspecified atom stereocenters.